The van der Waals surface area contributed by atoms with Crippen LogP contribution in [0.15, 0.2) is 24.8 Å². The van der Waals surface area contributed by atoms with E-state index in [0.717, 1.165) is 50.7 Å². The summed E-state index contributed by atoms with van der Waals surface area (Å²) < 4.78 is 12.2. The number of rotatable bonds is 28. The quantitative estimate of drug-likeness (QED) is 0.0587. The highest BCUT2D eigenvalue weighted by Gasteiger charge is 2.10. The van der Waals surface area contributed by atoms with Crippen molar-refractivity contribution in [2.45, 2.75) is 109 Å². The van der Waals surface area contributed by atoms with Gasteiger partial charge in [0, 0.05) is 31.3 Å². The molecule has 0 aliphatic rings. The minimum atomic E-state index is 0.223. The average Bonchev–Trinajstić information content (AvgIpc) is 2.82. The molecule has 202 valence electrons. The number of hydrogen-bond acceptors (Lipinski definition) is 5. The van der Waals surface area contributed by atoms with Crippen molar-refractivity contribution >= 4 is 21.6 Å². The van der Waals surface area contributed by atoms with Crippen molar-refractivity contribution in [2.75, 3.05) is 52.0 Å². The van der Waals surface area contributed by atoms with E-state index < -0.39 is 0 Å². The summed E-state index contributed by atoms with van der Waals surface area (Å²) in [5.74, 6) is 2.18. The summed E-state index contributed by atoms with van der Waals surface area (Å²) in [4.78, 5) is 2.24. The van der Waals surface area contributed by atoms with Gasteiger partial charge in [-0.25, -0.2) is 0 Å². The van der Waals surface area contributed by atoms with Gasteiger partial charge < -0.3 is 14.4 Å². The van der Waals surface area contributed by atoms with Gasteiger partial charge in [-0.3, -0.25) is 0 Å². The average molecular weight is 516 g/mol. The van der Waals surface area contributed by atoms with Gasteiger partial charge in [-0.1, -0.05) is 98.1 Å². The zero-order chi connectivity index (χ0) is 25.0. The Labute approximate surface area is 221 Å². The normalized spacial score (nSPS) is 12.7. The Balaban J connectivity index is 3.84. The van der Waals surface area contributed by atoms with Crippen molar-refractivity contribution in [1.82, 2.24) is 4.90 Å². The monoisotopic (exact) mass is 515 g/mol. The van der Waals surface area contributed by atoms with Gasteiger partial charge in [-0.15, -0.1) is 6.58 Å². The van der Waals surface area contributed by atoms with Crippen LogP contribution >= 0.6 is 21.6 Å². The van der Waals surface area contributed by atoms with Gasteiger partial charge in [-0.05, 0) is 59.0 Å². The van der Waals surface area contributed by atoms with Crippen LogP contribution in [0.4, 0.5) is 0 Å². The van der Waals surface area contributed by atoms with E-state index >= 15 is 0 Å². The first-order valence-corrected chi connectivity index (χ1v) is 16.5. The van der Waals surface area contributed by atoms with Crippen LogP contribution in [0.5, 0.6) is 0 Å². The van der Waals surface area contributed by atoms with Crippen LogP contribution < -0.4 is 0 Å². The molecule has 0 spiro atoms. The van der Waals surface area contributed by atoms with Crippen LogP contribution in [0.25, 0.3) is 0 Å². The highest BCUT2D eigenvalue weighted by molar-refractivity contribution is 8.76. The van der Waals surface area contributed by atoms with Crippen molar-refractivity contribution in [2.24, 2.45) is 0 Å². The predicted molar refractivity (Wildman–Crippen MR) is 158 cm³/mol. The van der Waals surface area contributed by atoms with Crippen LogP contribution in [0, 0.1) is 0 Å². The van der Waals surface area contributed by atoms with Crippen molar-refractivity contribution in [1.29, 1.82) is 0 Å². The van der Waals surface area contributed by atoms with Gasteiger partial charge in [0.2, 0.25) is 0 Å². The van der Waals surface area contributed by atoms with E-state index in [2.05, 4.69) is 44.6 Å². The fourth-order valence-electron chi connectivity index (χ4n) is 3.57. The lowest BCUT2D eigenvalue weighted by molar-refractivity contribution is -0.00609. The molecule has 34 heavy (non-hydrogen) atoms. The Morgan fingerprint density at radius 3 is 2.03 bits per heavy atom. The van der Waals surface area contributed by atoms with E-state index in [1.807, 2.05) is 27.7 Å². The van der Waals surface area contributed by atoms with E-state index in [-0.39, 0.29) is 6.10 Å². The highest BCUT2D eigenvalue weighted by atomic mass is 33.1. The van der Waals surface area contributed by atoms with E-state index in [1.54, 1.807) is 0 Å². The second kappa shape index (κ2) is 29.3. The summed E-state index contributed by atoms with van der Waals surface area (Å²) >= 11 is 0. The third kappa shape index (κ3) is 28.3. The van der Waals surface area contributed by atoms with Gasteiger partial charge in [-0.2, -0.15) is 0 Å². The molecule has 0 rings (SSSR count). The van der Waals surface area contributed by atoms with Gasteiger partial charge in [0.1, 0.15) is 0 Å². The van der Waals surface area contributed by atoms with Gasteiger partial charge >= 0.3 is 0 Å². The van der Waals surface area contributed by atoms with Crippen LogP contribution in [0.2, 0.25) is 0 Å². The standard InChI is InChI=1S/C29H57NO2S2/c1-5-7-9-11-13-15-16-18-20-22-25-32-29(28-34-33-26-23-30(3)4)27-31-24-21-19-17-14-12-10-8-6-2/h6-7,9,29H,2,5,8,10-28H2,1,3-4H3/b9-7-. The molecule has 3 nitrogen and oxygen atoms in total. The summed E-state index contributed by atoms with van der Waals surface area (Å²) in [6, 6.07) is 0. The van der Waals surface area contributed by atoms with Crippen LogP contribution in [0.3, 0.4) is 0 Å². The molecule has 0 aliphatic heterocycles. The Morgan fingerprint density at radius 1 is 0.765 bits per heavy atom. The summed E-state index contributed by atoms with van der Waals surface area (Å²) in [5.41, 5.74) is 0. The molecule has 0 aliphatic carbocycles. The molecule has 0 saturated heterocycles. The fourth-order valence-corrected chi connectivity index (χ4v) is 5.89. The molecule has 0 bridgehead atoms. The molecule has 5 heteroatoms. The molecule has 1 unspecified atom stereocenters. The van der Waals surface area contributed by atoms with E-state index in [1.165, 1.54) is 83.5 Å². The lowest BCUT2D eigenvalue weighted by atomic mass is 10.1. The van der Waals surface area contributed by atoms with Crippen LogP contribution in [0.1, 0.15) is 103 Å². The minimum Gasteiger partial charge on any atom is -0.379 e. The minimum absolute atomic E-state index is 0.223. The van der Waals surface area contributed by atoms with E-state index in [9.17, 15) is 0 Å². The van der Waals surface area contributed by atoms with Gasteiger partial charge in [0.15, 0.2) is 0 Å². The fraction of sp³-hybridized carbons (Fsp3) is 0.862. The van der Waals surface area contributed by atoms with Gasteiger partial charge in [0.25, 0.3) is 0 Å². The first-order valence-electron chi connectivity index (χ1n) is 14.0. The van der Waals surface area contributed by atoms with Crippen molar-refractivity contribution in [3.63, 3.8) is 0 Å². The molecule has 0 saturated carbocycles. The highest BCUT2D eigenvalue weighted by Crippen LogP contribution is 2.23. The Bertz CT molecular complexity index is 432. The lowest BCUT2D eigenvalue weighted by Gasteiger charge is -2.18. The largest absolute Gasteiger partial charge is 0.379 e. The smallest absolute Gasteiger partial charge is 0.0906 e. The first kappa shape index (κ1) is 34.1. The number of unbranched alkanes of at least 4 members (excludes halogenated alkanes) is 12. The molecular formula is C29H57NO2S2. The maximum absolute atomic E-state index is 6.24. The predicted octanol–water partition coefficient (Wildman–Crippen LogP) is 8.94. The Kier molecular flexibility index (Phi) is 29.3. The third-order valence-corrected chi connectivity index (χ3v) is 8.16. The van der Waals surface area contributed by atoms with Crippen molar-refractivity contribution in [3.8, 4) is 0 Å². The first-order chi connectivity index (χ1) is 16.7. The number of hydrogen-bond donors (Lipinski definition) is 0. The Morgan fingerprint density at radius 2 is 1.38 bits per heavy atom. The molecule has 0 N–H and O–H groups in total. The summed E-state index contributed by atoms with van der Waals surface area (Å²) in [5, 5.41) is 0. The molecule has 1 atom stereocenters. The SMILES string of the molecule is C=CCCCCCCCCOCC(CSSCCN(C)C)OCCCCCCCC/C=C\CC. The Hall–Kier alpha value is 0.0600. The number of allylic oxidation sites excluding steroid dienone is 3. The molecule has 0 amide bonds. The molecule has 0 heterocycles. The maximum atomic E-state index is 6.24. The molecule has 0 aromatic rings. The van der Waals surface area contributed by atoms with Crippen LogP contribution in [-0.2, 0) is 9.47 Å². The molecular weight excluding hydrogens is 458 g/mol. The van der Waals surface area contributed by atoms with Crippen molar-refractivity contribution in [3.05, 3.63) is 24.8 Å². The topological polar surface area (TPSA) is 21.7 Å². The van der Waals surface area contributed by atoms with Crippen molar-refractivity contribution < 1.29 is 9.47 Å². The zero-order valence-corrected chi connectivity index (χ0v) is 24.6. The summed E-state index contributed by atoms with van der Waals surface area (Å²) in [6.45, 7) is 9.61. The van der Waals surface area contributed by atoms with E-state index in [4.69, 9.17) is 9.47 Å². The maximum Gasteiger partial charge on any atom is 0.0906 e. The summed E-state index contributed by atoms with van der Waals surface area (Å²) in [6.07, 6.45) is 26.1. The van der Waals surface area contributed by atoms with Gasteiger partial charge in [0.05, 0.1) is 12.7 Å². The molecule has 0 aromatic carbocycles. The lowest BCUT2D eigenvalue weighted by Crippen LogP contribution is -2.23. The van der Waals surface area contributed by atoms with Crippen LogP contribution in [-0.4, -0.2) is 63.0 Å². The zero-order valence-electron chi connectivity index (χ0n) is 22.9. The second-order valence-corrected chi connectivity index (χ2v) is 12.1. The molecule has 0 aromatic heterocycles. The third-order valence-electron chi connectivity index (χ3n) is 5.73. The molecule has 0 radical (unpaired) electrons. The second-order valence-electron chi connectivity index (χ2n) is 9.47. The number of nitrogens with zero attached hydrogens (tertiary/aromatic N) is 1. The molecule has 0 fully saturated rings. The number of ether oxygens (including phenoxy) is 2. The van der Waals surface area contributed by atoms with E-state index in [0.29, 0.717) is 0 Å². The summed E-state index contributed by atoms with van der Waals surface area (Å²) in [7, 11) is 8.17.